The van der Waals surface area contributed by atoms with Crippen molar-refractivity contribution in [1.82, 2.24) is 14.9 Å². The summed E-state index contributed by atoms with van der Waals surface area (Å²) in [4.78, 5) is 34.7. The van der Waals surface area contributed by atoms with E-state index in [1.807, 2.05) is 23.2 Å². The van der Waals surface area contributed by atoms with Gasteiger partial charge in [0, 0.05) is 36.2 Å². The number of amides is 2. The van der Waals surface area contributed by atoms with Crippen LogP contribution >= 0.6 is 0 Å². The minimum absolute atomic E-state index is 0.0271. The van der Waals surface area contributed by atoms with E-state index in [9.17, 15) is 9.59 Å². The number of pyridine rings is 1. The Hall–Kier alpha value is -3.65. The molecule has 1 fully saturated rings. The molecule has 8 nitrogen and oxygen atoms in total. The van der Waals surface area contributed by atoms with Crippen molar-refractivity contribution in [3.63, 3.8) is 0 Å². The first-order valence-corrected chi connectivity index (χ1v) is 10.8. The van der Waals surface area contributed by atoms with Crippen molar-refractivity contribution >= 4 is 39.9 Å². The highest BCUT2D eigenvalue weighted by atomic mass is 16.5. The summed E-state index contributed by atoms with van der Waals surface area (Å²) in [5.74, 6) is 0.749. The van der Waals surface area contributed by atoms with Crippen molar-refractivity contribution in [2.75, 3.05) is 23.9 Å². The molecule has 1 atom stereocenters. The molecule has 2 aliphatic rings. The van der Waals surface area contributed by atoms with E-state index in [-0.39, 0.29) is 23.7 Å². The average Bonchev–Trinajstić information content (AvgIpc) is 3.56. The van der Waals surface area contributed by atoms with E-state index in [2.05, 4.69) is 33.8 Å². The molecule has 1 unspecified atom stereocenters. The van der Waals surface area contributed by atoms with E-state index in [1.165, 1.54) is 0 Å². The van der Waals surface area contributed by atoms with Crippen molar-refractivity contribution in [2.24, 2.45) is 11.8 Å². The second-order valence-corrected chi connectivity index (χ2v) is 8.52. The van der Waals surface area contributed by atoms with Gasteiger partial charge in [-0.15, -0.1) is 0 Å². The number of benzene rings is 1. The van der Waals surface area contributed by atoms with Crippen molar-refractivity contribution in [2.45, 2.75) is 19.8 Å². The topological polar surface area (TPSA) is 110 Å². The predicted octanol–water partition coefficient (Wildman–Crippen LogP) is 3.89. The van der Waals surface area contributed by atoms with E-state index >= 15 is 0 Å². The van der Waals surface area contributed by atoms with E-state index in [4.69, 9.17) is 5.21 Å². The molecule has 5 rings (SSSR count). The maximum atomic E-state index is 13.0. The van der Waals surface area contributed by atoms with Gasteiger partial charge >= 0.3 is 0 Å². The Morgan fingerprint density at radius 1 is 1.19 bits per heavy atom. The van der Waals surface area contributed by atoms with E-state index in [0.717, 1.165) is 35.0 Å². The van der Waals surface area contributed by atoms with Crippen molar-refractivity contribution in [3.8, 4) is 0 Å². The van der Waals surface area contributed by atoms with Crippen LogP contribution in [0.25, 0.3) is 16.6 Å². The summed E-state index contributed by atoms with van der Waals surface area (Å²) in [6, 6.07) is 10.7. The summed E-state index contributed by atoms with van der Waals surface area (Å²) < 4.78 is 0. The van der Waals surface area contributed by atoms with E-state index < -0.39 is 0 Å². The average molecular weight is 431 g/mol. The summed E-state index contributed by atoms with van der Waals surface area (Å²) in [6.07, 6.45) is 5.82. The molecule has 2 aromatic heterocycles. The number of H-pyrrole nitrogens is 1. The number of hydrogen-bond acceptors (Lipinski definition) is 5. The second kappa shape index (κ2) is 8.12. The van der Waals surface area contributed by atoms with Crippen LogP contribution in [0.5, 0.6) is 0 Å². The Bertz CT molecular complexity index is 1210. The molecule has 1 aromatic carbocycles. The van der Waals surface area contributed by atoms with Crippen LogP contribution < -0.4 is 10.8 Å². The van der Waals surface area contributed by atoms with Crippen LogP contribution in [-0.4, -0.2) is 45.0 Å². The number of nitrogens with one attached hydrogen (secondary N) is 3. The van der Waals surface area contributed by atoms with Gasteiger partial charge in [-0.05, 0) is 66.3 Å². The normalized spacial score (nSPS) is 18.4. The molecule has 0 bridgehead atoms. The van der Waals surface area contributed by atoms with E-state index in [0.29, 0.717) is 30.2 Å². The van der Waals surface area contributed by atoms with Crippen LogP contribution in [0.1, 0.15) is 35.7 Å². The van der Waals surface area contributed by atoms with Crippen LogP contribution in [0.3, 0.4) is 0 Å². The van der Waals surface area contributed by atoms with Gasteiger partial charge in [0.1, 0.15) is 11.5 Å². The maximum absolute atomic E-state index is 13.0. The first kappa shape index (κ1) is 20.3. The summed E-state index contributed by atoms with van der Waals surface area (Å²) in [6.45, 7) is 3.19. The summed E-state index contributed by atoms with van der Waals surface area (Å²) in [5, 5.41) is 12.9. The van der Waals surface area contributed by atoms with Crippen LogP contribution in [0.2, 0.25) is 0 Å². The Morgan fingerprint density at radius 2 is 1.97 bits per heavy atom. The van der Waals surface area contributed by atoms with Crippen molar-refractivity contribution in [3.05, 3.63) is 59.8 Å². The van der Waals surface area contributed by atoms with Gasteiger partial charge in [0.15, 0.2) is 0 Å². The van der Waals surface area contributed by atoms with Crippen molar-refractivity contribution in [1.29, 1.82) is 0 Å². The third-order valence-electron chi connectivity index (χ3n) is 6.14. The zero-order valence-electron chi connectivity index (χ0n) is 17.8. The molecule has 0 saturated heterocycles. The quantitative estimate of drug-likeness (QED) is 0.458. The molecule has 1 aliphatic carbocycles. The Balaban J connectivity index is 1.41. The van der Waals surface area contributed by atoms with Gasteiger partial charge in [-0.25, -0.2) is 4.98 Å². The number of aromatic amines is 1. The van der Waals surface area contributed by atoms with Gasteiger partial charge in [0.2, 0.25) is 5.91 Å². The lowest BCUT2D eigenvalue weighted by atomic mass is 9.89. The minimum Gasteiger partial charge on any atom is -0.346 e. The smallest absolute Gasteiger partial charge is 0.254 e. The fourth-order valence-corrected chi connectivity index (χ4v) is 4.24. The fourth-order valence-electron chi connectivity index (χ4n) is 4.24. The monoisotopic (exact) mass is 431 g/mol. The zero-order valence-corrected chi connectivity index (χ0v) is 17.8. The molecule has 1 saturated carbocycles. The lowest BCUT2D eigenvalue weighted by molar-refractivity contribution is -0.117. The van der Waals surface area contributed by atoms with Crippen LogP contribution in [0, 0.1) is 11.8 Å². The van der Waals surface area contributed by atoms with Crippen molar-refractivity contribution < 1.29 is 14.8 Å². The maximum Gasteiger partial charge on any atom is 0.254 e. The highest BCUT2D eigenvalue weighted by Gasteiger charge is 2.30. The molecular weight excluding hydrogens is 406 g/mol. The first-order chi connectivity index (χ1) is 15.5. The largest absolute Gasteiger partial charge is 0.346 e. The summed E-state index contributed by atoms with van der Waals surface area (Å²) in [7, 11) is 0. The molecule has 3 heterocycles. The lowest BCUT2D eigenvalue weighted by Crippen LogP contribution is -2.38. The second-order valence-electron chi connectivity index (χ2n) is 8.52. The van der Waals surface area contributed by atoms with E-state index in [1.54, 1.807) is 24.3 Å². The molecule has 0 radical (unpaired) electrons. The van der Waals surface area contributed by atoms with Gasteiger partial charge in [-0.1, -0.05) is 13.0 Å². The molecule has 8 heteroatoms. The molecule has 3 aromatic rings. The van der Waals surface area contributed by atoms with Gasteiger partial charge in [-0.2, -0.15) is 0 Å². The number of aromatic nitrogens is 2. The fraction of sp³-hybridized carbons (Fsp3) is 0.292. The number of hydrogen-bond donors (Lipinski definition) is 4. The summed E-state index contributed by atoms with van der Waals surface area (Å²) in [5.41, 5.74) is 6.09. The van der Waals surface area contributed by atoms with Gasteiger partial charge in [0.25, 0.3) is 5.91 Å². The van der Waals surface area contributed by atoms with Crippen LogP contribution in [0.4, 0.5) is 11.5 Å². The Labute approximate surface area is 185 Å². The minimum atomic E-state index is -0.0458. The molecule has 0 spiro atoms. The van der Waals surface area contributed by atoms with Crippen LogP contribution in [0.15, 0.2) is 48.7 Å². The van der Waals surface area contributed by atoms with Gasteiger partial charge in [-0.3, -0.25) is 20.3 Å². The Kier molecular flexibility index (Phi) is 5.14. The molecule has 1 aliphatic heterocycles. The third kappa shape index (κ3) is 3.85. The molecule has 4 N–H and O–H groups in total. The number of fused-ring (bicyclic) bond motifs is 1. The standard InChI is InChI=1S/C24H25N5O3/c1-14-13-29(24(31)16-4-6-17(28-32)7-5-16)11-9-18(14)20-12-21(27-23(30)15-2-3-15)26-22-19(20)8-10-25-22/h4-10,12,14-15,28,32H,2-3,11,13H2,1H3,(H2,25,26,27,30). The van der Waals surface area contributed by atoms with Gasteiger partial charge in [0.05, 0.1) is 5.69 Å². The molecule has 32 heavy (non-hydrogen) atoms. The third-order valence-corrected chi connectivity index (χ3v) is 6.14. The highest BCUT2D eigenvalue weighted by molar-refractivity contribution is 5.98. The summed E-state index contributed by atoms with van der Waals surface area (Å²) >= 11 is 0. The molecular formula is C24H25N5O3. The number of carbonyl (C=O) groups is 2. The number of anilines is 2. The molecule has 2 amide bonds. The SMILES string of the molecule is CC1CN(C(=O)c2ccc(NO)cc2)CC=C1c1cc(NC(=O)C2CC2)nc2[nH]ccc12. The number of rotatable bonds is 5. The highest BCUT2D eigenvalue weighted by Crippen LogP contribution is 2.35. The number of carbonyl (C=O) groups excluding carboxylic acids is 2. The Morgan fingerprint density at radius 3 is 2.66 bits per heavy atom. The number of nitrogens with zero attached hydrogens (tertiary/aromatic N) is 2. The van der Waals surface area contributed by atoms with Crippen LogP contribution in [-0.2, 0) is 4.79 Å². The lowest BCUT2D eigenvalue weighted by Gasteiger charge is -2.32. The van der Waals surface area contributed by atoms with Gasteiger partial charge < -0.3 is 15.2 Å². The molecule has 164 valence electrons. The predicted molar refractivity (Wildman–Crippen MR) is 122 cm³/mol. The zero-order chi connectivity index (χ0) is 22.2. The first-order valence-electron chi connectivity index (χ1n) is 10.8.